The van der Waals surface area contributed by atoms with Crippen LogP contribution in [0.5, 0.6) is 0 Å². The van der Waals surface area contributed by atoms with Gasteiger partial charge in [-0.15, -0.1) is 0 Å². The summed E-state index contributed by atoms with van der Waals surface area (Å²) in [6.07, 6.45) is -1.75. The molecule has 1 aromatic heterocycles. The SMILES string of the molecule is Cc1ncc(C(F)F)c(C#N)c1Cl. The van der Waals surface area contributed by atoms with Gasteiger partial charge in [-0.3, -0.25) is 4.98 Å². The Morgan fingerprint density at radius 1 is 1.62 bits per heavy atom. The molecule has 0 amide bonds. The van der Waals surface area contributed by atoms with Gasteiger partial charge in [0.25, 0.3) is 6.43 Å². The van der Waals surface area contributed by atoms with Crippen LogP contribution >= 0.6 is 11.6 Å². The molecule has 0 saturated heterocycles. The van der Waals surface area contributed by atoms with Gasteiger partial charge in [0.1, 0.15) is 6.07 Å². The summed E-state index contributed by atoms with van der Waals surface area (Å²) in [4.78, 5) is 3.65. The van der Waals surface area contributed by atoms with Gasteiger partial charge >= 0.3 is 0 Å². The van der Waals surface area contributed by atoms with Gasteiger partial charge in [0.05, 0.1) is 21.8 Å². The van der Waals surface area contributed by atoms with Gasteiger partial charge in [-0.05, 0) is 6.92 Å². The molecule has 0 aliphatic rings. The monoisotopic (exact) mass is 202 g/mol. The molecule has 13 heavy (non-hydrogen) atoms. The second-order valence-corrected chi connectivity index (χ2v) is 2.78. The van der Waals surface area contributed by atoms with Gasteiger partial charge in [-0.25, -0.2) is 8.78 Å². The van der Waals surface area contributed by atoms with E-state index >= 15 is 0 Å². The van der Waals surface area contributed by atoms with Crippen LogP contribution in [-0.2, 0) is 0 Å². The molecule has 0 aliphatic carbocycles. The van der Waals surface area contributed by atoms with Crippen molar-refractivity contribution in [2.24, 2.45) is 0 Å². The Labute approximate surface area is 78.8 Å². The molecule has 0 aliphatic heterocycles. The minimum absolute atomic E-state index is 0.000278. The summed E-state index contributed by atoms with van der Waals surface area (Å²) in [5.41, 5.74) is -0.232. The first-order valence-corrected chi connectivity index (χ1v) is 3.79. The number of aryl methyl sites for hydroxylation is 1. The van der Waals surface area contributed by atoms with Gasteiger partial charge in [0.15, 0.2) is 0 Å². The molecule has 0 unspecified atom stereocenters. The van der Waals surface area contributed by atoms with E-state index in [2.05, 4.69) is 4.98 Å². The predicted molar refractivity (Wildman–Crippen MR) is 43.7 cm³/mol. The second-order valence-electron chi connectivity index (χ2n) is 2.40. The Hall–Kier alpha value is -1.21. The van der Waals surface area contributed by atoms with Crippen molar-refractivity contribution in [2.75, 3.05) is 0 Å². The van der Waals surface area contributed by atoms with Crippen molar-refractivity contribution in [3.05, 3.63) is 28.0 Å². The Balaban J connectivity index is 3.41. The molecule has 1 heterocycles. The molecule has 0 N–H and O–H groups in total. The van der Waals surface area contributed by atoms with Crippen LogP contribution in [0.3, 0.4) is 0 Å². The predicted octanol–water partition coefficient (Wildman–Crippen LogP) is 2.85. The van der Waals surface area contributed by atoms with E-state index in [1.807, 2.05) is 0 Å². The average Bonchev–Trinajstić information content (AvgIpc) is 2.09. The third-order valence-electron chi connectivity index (χ3n) is 1.57. The summed E-state index contributed by atoms with van der Waals surface area (Å²) in [6, 6.07) is 1.63. The topological polar surface area (TPSA) is 36.7 Å². The minimum atomic E-state index is -2.72. The standard InChI is InChI=1S/C8H5ClF2N2/c1-4-7(9)5(2-12)6(3-13-4)8(10)11/h3,8H,1H3. The molecule has 2 nitrogen and oxygen atoms in total. The second kappa shape index (κ2) is 3.67. The molecule has 0 fully saturated rings. The van der Waals surface area contributed by atoms with E-state index in [0.29, 0.717) is 5.69 Å². The summed E-state index contributed by atoms with van der Waals surface area (Å²) in [6.45, 7) is 1.55. The molecule has 0 aromatic carbocycles. The molecule has 0 atom stereocenters. The van der Waals surface area contributed by atoms with Crippen LogP contribution in [0.25, 0.3) is 0 Å². The molecule has 0 radical (unpaired) electrons. The van der Waals surface area contributed by atoms with Crippen molar-refractivity contribution in [3.8, 4) is 6.07 Å². The number of hydrogen-bond donors (Lipinski definition) is 0. The summed E-state index contributed by atoms with van der Waals surface area (Å²) >= 11 is 5.62. The number of hydrogen-bond acceptors (Lipinski definition) is 2. The summed E-state index contributed by atoms with van der Waals surface area (Å²) in [5.74, 6) is 0. The largest absolute Gasteiger partial charge is 0.266 e. The van der Waals surface area contributed by atoms with E-state index in [1.165, 1.54) is 0 Å². The zero-order valence-electron chi connectivity index (χ0n) is 6.68. The van der Waals surface area contributed by atoms with Crippen LogP contribution in [0.2, 0.25) is 5.02 Å². The Morgan fingerprint density at radius 2 is 2.23 bits per heavy atom. The molecule has 1 aromatic rings. The molecule has 0 bridgehead atoms. The summed E-state index contributed by atoms with van der Waals surface area (Å²) in [7, 11) is 0. The van der Waals surface area contributed by atoms with E-state index < -0.39 is 12.0 Å². The van der Waals surface area contributed by atoms with Crippen molar-refractivity contribution in [2.45, 2.75) is 13.3 Å². The Morgan fingerprint density at radius 3 is 2.69 bits per heavy atom. The number of aromatic nitrogens is 1. The highest BCUT2D eigenvalue weighted by atomic mass is 35.5. The third kappa shape index (κ3) is 1.76. The molecule has 5 heteroatoms. The fourth-order valence-electron chi connectivity index (χ4n) is 0.874. The first-order valence-electron chi connectivity index (χ1n) is 3.41. The molecular weight excluding hydrogens is 198 g/mol. The molecule has 68 valence electrons. The van der Waals surface area contributed by atoms with Gasteiger partial charge in [-0.2, -0.15) is 5.26 Å². The third-order valence-corrected chi connectivity index (χ3v) is 2.03. The molecular formula is C8H5ClF2N2. The number of rotatable bonds is 1. The van der Waals surface area contributed by atoms with Crippen molar-refractivity contribution in [3.63, 3.8) is 0 Å². The van der Waals surface area contributed by atoms with Gasteiger partial charge < -0.3 is 0 Å². The molecule has 0 spiro atoms. The lowest BCUT2D eigenvalue weighted by atomic mass is 10.1. The van der Waals surface area contributed by atoms with Crippen molar-refractivity contribution < 1.29 is 8.78 Å². The maximum absolute atomic E-state index is 12.3. The highest BCUT2D eigenvalue weighted by molar-refractivity contribution is 6.32. The van der Waals surface area contributed by atoms with E-state index in [9.17, 15) is 8.78 Å². The highest BCUT2D eigenvalue weighted by Gasteiger charge is 2.17. The fraction of sp³-hybridized carbons (Fsp3) is 0.250. The van der Waals surface area contributed by atoms with E-state index in [4.69, 9.17) is 16.9 Å². The van der Waals surface area contributed by atoms with Crippen molar-refractivity contribution in [1.82, 2.24) is 4.98 Å². The lowest BCUT2D eigenvalue weighted by Crippen LogP contribution is -1.96. The summed E-state index contributed by atoms with van der Waals surface area (Å²) < 4.78 is 24.6. The number of alkyl halides is 2. The molecule has 0 saturated carbocycles. The zero-order valence-corrected chi connectivity index (χ0v) is 7.44. The first kappa shape index (κ1) is 9.87. The molecule has 1 rings (SSSR count). The first-order chi connectivity index (χ1) is 6.07. The van der Waals surface area contributed by atoms with Crippen LogP contribution in [0.15, 0.2) is 6.20 Å². The number of nitriles is 1. The van der Waals surface area contributed by atoms with E-state index in [1.54, 1.807) is 13.0 Å². The maximum Gasteiger partial charge on any atom is 0.266 e. The lowest BCUT2D eigenvalue weighted by molar-refractivity contribution is 0.150. The van der Waals surface area contributed by atoms with Crippen LogP contribution in [-0.4, -0.2) is 4.98 Å². The van der Waals surface area contributed by atoms with E-state index in [-0.39, 0.29) is 10.6 Å². The summed E-state index contributed by atoms with van der Waals surface area (Å²) in [5, 5.41) is 8.58. The zero-order chi connectivity index (χ0) is 10.0. The van der Waals surface area contributed by atoms with Crippen LogP contribution in [0.1, 0.15) is 23.2 Å². The van der Waals surface area contributed by atoms with Crippen LogP contribution < -0.4 is 0 Å². The number of nitrogens with zero attached hydrogens (tertiary/aromatic N) is 2. The van der Waals surface area contributed by atoms with Crippen LogP contribution in [0, 0.1) is 18.3 Å². The minimum Gasteiger partial charge on any atom is -0.259 e. The van der Waals surface area contributed by atoms with Crippen molar-refractivity contribution >= 4 is 11.6 Å². The van der Waals surface area contributed by atoms with Crippen LogP contribution in [0.4, 0.5) is 8.78 Å². The fourth-order valence-corrected chi connectivity index (χ4v) is 1.07. The van der Waals surface area contributed by atoms with E-state index in [0.717, 1.165) is 6.20 Å². The quantitative estimate of drug-likeness (QED) is 0.702. The average molecular weight is 203 g/mol. The number of pyridine rings is 1. The maximum atomic E-state index is 12.3. The Kier molecular flexibility index (Phi) is 2.79. The van der Waals surface area contributed by atoms with Gasteiger partial charge in [0.2, 0.25) is 0 Å². The van der Waals surface area contributed by atoms with Gasteiger partial charge in [0, 0.05) is 6.20 Å². The number of halogens is 3. The van der Waals surface area contributed by atoms with Gasteiger partial charge in [-0.1, -0.05) is 11.6 Å². The Bertz CT molecular complexity index is 371. The van der Waals surface area contributed by atoms with Crippen molar-refractivity contribution in [1.29, 1.82) is 5.26 Å². The smallest absolute Gasteiger partial charge is 0.259 e. The lowest BCUT2D eigenvalue weighted by Gasteiger charge is -2.05. The highest BCUT2D eigenvalue weighted by Crippen LogP contribution is 2.28. The normalized spacial score (nSPS) is 10.2.